The van der Waals surface area contributed by atoms with E-state index in [1.165, 1.54) is 0 Å². The highest BCUT2D eigenvalue weighted by molar-refractivity contribution is 7.08. The van der Waals surface area contributed by atoms with E-state index >= 15 is 0 Å². The Kier molecular flexibility index (Phi) is 6.24. The van der Waals surface area contributed by atoms with Gasteiger partial charge in [-0.25, -0.2) is 9.97 Å². The lowest BCUT2D eigenvalue weighted by Crippen LogP contribution is -2.22. The van der Waals surface area contributed by atoms with Crippen molar-refractivity contribution in [2.75, 3.05) is 24.6 Å². The van der Waals surface area contributed by atoms with E-state index in [0.29, 0.717) is 24.0 Å². The summed E-state index contributed by atoms with van der Waals surface area (Å²) in [5, 5.41) is 3.94. The molecule has 0 aromatic carbocycles. The van der Waals surface area contributed by atoms with E-state index in [2.05, 4.69) is 28.7 Å². The van der Waals surface area contributed by atoms with Gasteiger partial charge in [0, 0.05) is 30.2 Å². The van der Waals surface area contributed by atoms with Gasteiger partial charge in [-0.2, -0.15) is 11.3 Å². The summed E-state index contributed by atoms with van der Waals surface area (Å²) in [5.41, 5.74) is 2.26. The summed E-state index contributed by atoms with van der Waals surface area (Å²) < 4.78 is 11.1. The largest absolute Gasteiger partial charge is 0.466 e. The molecule has 3 rings (SSSR count). The van der Waals surface area contributed by atoms with Crippen molar-refractivity contribution < 1.29 is 13.9 Å². The molecule has 27 heavy (non-hydrogen) atoms. The zero-order valence-electron chi connectivity index (χ0n) is 15.8. The van der Waals surface area contributed by atoms with Gasteiger partial charge in [-0.3, -0.25) is 4.79 Å². The van der Waals surface area contributed by atoms with Gasteiger partial charge in [-0.15, -0.1) is 0 Å². The van der Waals surface area contributed by atoms with Crippen LogP contribution < -0.4 is 4.90 Å². The van der Waals surface area contributed by atoms with Gasteiger partial charge in [-0.1, -0.05) is 0 Å². The molecular formula is C20H23N3O3S. The van der Waals surface area contributed by atoms with Crippen LogP contribution in [0.4, 0.5) is 5.82 Å². The predicted molar refractivity (Wildman–Crippen MR) is 107 cm³/mol. The number of thiophene rings is 1. The summed E-state index contributed by atoms with van der Waals surface area (Å²) in [5.74, 6) is 1.66. The van der Waals surface area contributed by atoms with Crippen LogP contribution in [-0.4, -0.2) is 35.6 Å². The molecule has 142 valence electrons. The second-order valence-corrected chi connectivity index (χ2v) is 6.65. The van der Waals surface area contributed by atoms with Crippen molar-refractivity contribution in [2.45, 2.75) is 27.2 Å². The van der Waals surface area contributed by atoms with Crippen molar-refractivity contribution in [2.24, 2.45) is 0 Å². The molecule has 0 saturated heterocycles. The Bertz CT molecular complexity index is 869. The minimum Gasteiger partial charge on any atom is -0.466 e. The fourth-order valence-electron chi connectivity index (χ4n) is 2.81. The highest BCUT2D eigenvalue weighted by Crippen LogP contribution is 2.31. The van der Waals surface area contributed by atoms with Crippen molar-refractivity contribution >= 4 is 23.1 Å². The van der Waals surface area contributed by atoms with Gasteiger partial charge < -0.3 is 14.1 Å². The molecule has 6 nitrogen and oxygen atoms in total. The number of hydrogen-bond acceptors (Lipinski definition) is 7. The molecule has 3 aromatic rings. The van der Waals surface area contributed by atoms with Gasteiger partial charge >= 0.3 is 5.97 Å². The molecular weight excluding hydrogens is 362 g/mol. The highest BCUT2D eigenvalue weighted by Gasteiger charge is 2.20. The summed E-state index contributed by atoms with van der Waals surface area (Å²) in [6, 6.07) is 5.85. The maximum absolute atomic E-state index is 11.9. The molecule has 7 heteroatoms. The number of oxazole rings is 1. The lowest BCUT2D eigenvalue weighted by atomic mass is 10.2. The van der Waals surface area contributed by atoms with Crippen LogP contribution in [0.1, 0.15) is 26.5 Å². The number of anilines is 1. The van der Waals surface area contributed by atoms with Gasteiger partial charge in [0.15, 0.2) is 5.76 Å². The third-order valence-electron chi connectivity index (χ3n) is 4.18. The average molecular weight is 385 g/mol. The van der Waals surface area contributed by atoms with Crippen molar-refractivity contribution in [1.82, 2.24) is 9.97 Å². The molecule has 0 N–H and O–H groups in total. The first-order valence-electron chi connectivity index (χ1n) is 9.05. The zero-order chi connectivity index (χ0) is 19.2. The third-order valence-corrected chi connectivity index (χ3v) is 4.86. The molecule has 0 aliphatic carbocycles. The number of pyridine rings is 1. The summed E-state index contributed by atoms with van der Waals surface area (Å²) in [6.07, 6.45) is 1.83. The van der Waals surface area contributed by atoms with E-state index < -0.39 is 0 Å². The highest BCUT2D eigenvalue weighted by atomic mass is 32.1. The van der Waals surface area contributed by atoms with E-state index in [4.69, 9.17) is 9.15 Å². The number of aromatic nitrogens is 2. The molecule has 0 atom stereocenters. The standard InChI is InChI=1S/C20H23N3O3S/c1-4-23(5-2)17-8-7-14(12-21-17)20-22-16(11-18(24)25-6-3)19(26-20)15-9-10-27-13-15/h7-10,12-13H,4-6,11H2,1-3H3. The quantitative estimate of drug-likeness (QED) is 0.535. The van der Waals surface area contributed by atoms with Crippen LogP contribution in [0.15, 0.2) is 39.6 Å². The number of carbonyl (C=O) groups excluding carboxylic acids is 1. The van der Waals surface area contributed by atoms with Crippen LogP contribution in [0.5, 0.6) is 0 Å². The number of ether oxygens (including phenoxy) is 1. The molecule has 0 fully saturated rings. The van der Waals surface area contributed by atoms with Crippen LogP contribution in [-0.2, 0) is 16.0 Å². The van der Waals surface area contributed by atoms with Crippen molar-refractivity contribution in [3.8, 4) is 22.8 Å². The third kappa shape index (κ3) is 4.36. The van der Waals surface area contributed by atoms with Gasteiger partial charge in [0.1, 0.15) is 5.82 Å². The fourth-order valence-corrected chi connectivity index (χ4v) is 3.45. The van der Waals surface area contributed by atoms with Crippen LogP contribution >= 0.6 is 11.3 Å². The zero-order valence-corrected chi connectivity index (χ0v) is 16.6. The predicted octanol–water partition coefficient (Wildman–Crippen LogP) is 4.42. The van der Waals surface area contributed by atoms with Gasteiger partial charge in [0.25, 0.3) is 0 Å². The monoisotopic (exact) mass is 385 g/mol. The molecule has 0 unspecified atom stereocenters. The topological polar surface area (TPSA) is 68.5 Å². The first-order valence-corrected chi connectivity index (χ1v) is 9.99. The second-order valence-electron chi connectivity index (χ2n) is 5.87. The van der Waals surface area contributed by atoms with Crippen molar-refractivity contribution in [3.05, 3.63) is 40.8 Å². The minimum atomic E-state index is -0.316. The average Bonchev–Trinajstić information content (AvgIpc) is 3.33. The van der Waals surface area contributed by atoms with Gasteiger partial charge in [-0.05, 0) is 44.4 Å². The Hall–Kier alpha value is -2.67. The maximum atomic E-state index is 11.9. The Balaban J connectivity index is 1.93. The lowest BCUT2D eigenvalue weighted by molar-refractivity contribution is -0.142. The number of hydrogen-bond donors (Lipinski definition) is 0. The first kappa shape index (κ1) is 19.1. The first-order chi connectivity index (χ1) is 13.2. The summed E-state index contributed by atoms with van der Waals surface area (Å²) in [4.78, 5) is 23.2. The molecule has 0 radical (unpaired) electrons. The minimum absolute atomic E-state index is 0.0769. The Labute approximate surface area is 162 Å². The maximum Gasteiger partial charge on any atom is 0.312 e. The van der Waals surface area contributed by atoms with E-state index in [-0.39, 0.29) is 12.4 Å². The van der Waals surface area contributed by atoms with Crippen LogP contribution in [0.2, 0.25) is 0 Å². The Morgan fingerprint density at radius 3 is 2.59 bits per heavy atom. The van der Waals surface area contributed by atoms with Crippen LogP contribution in [0, 0.1) is 0 Å². The van der Waals surface area contributed by atoms with Gasteiger partial charge in [0.2, 0.25) is 5.89 Å². The van der Waals surface area contributed by atoms with Gasteiger partial charge in [0.05, 0.1) is 24.3 Å². The molecule has 0 amide bonds. The molecule has 3 aromatic heterocycles. The Morgan fingerprint density at radius 2 is 2.00 bits per heavy atom. The van der Waals surface area contributed by atoms with Crippen LogP contribution in [0.25, 0.3) is 22.8 Å². The number of rotatable bonds is 8. The molecule has 0 aliphatic rings. The van der Waals surface area contributed by atoms with Crippen LogP contribution in [0.3, 0.4) is 0 Å². The number of nitrogens with zero attached hydrogens (tertiary/aromatic N) is 3. The molecule has 0 bridgehead atoms. The number of esters is 1. The van der Waals surface area contributed by atoms with Crippen molar-refractivity contribution in [3.63, 3.8) is 0 Å². The van der Waals surface area contributed by atoms with E-state index in [1.807, 2.05) is 29.0 Å². The Morgan fingerprint density at radius 1 is 1.19 bits per heavy atom. The van der Waals surface area contributed by atoms with E-state index in [9.17, 15) is 4.79 Å². The fraction of sp³-hybridized carbons (Fsp3) is 0.350. The lowest BCUT2D eigenvalue weighted by Gasteiger charge is -2.19. The van der Waals surface area contributed by atoms with E-state index in [0.717, 1.165) is 30.0 Å². The summed E-state index contributed by atoms with van der Waals surface area (Å²) in [6.45, 7) is 8.12. The SMILES string of the molecule is CCOC(=O)Cc1nc(-c2ccc(N(CC)CC)nc2)oc1-c1ccsc1. The molecule has 3 heterocycles. The normalized spacial score (nSPS) is 10.8. The van der Waals surface area contributed by atoms with E-state index in [1.54, 1.807) is 24.5 Å². The second kappa shape index (κ2) is 8.81. The number of carbonyl (C=O) groups is 1. The summed E-state index contributed by atoms with van der Waals surface area (Å²) in [7, 11) is 0. The summed E-state index contributed by atoms with van der Waals surface area (Å²) >= 11 is 1.57. The molecule has 0 spiro atoms. The smallest absolute Gasteiger partial charge is 0.312 e. The van der Waals surface area contributed by atoms with Crippen molar-refractivity contribution in [1.29, 1.82) is 0 Å². The molecule has 0 saturated carbocycles. The molecule has 0 aliphatic heterocycles.